The van der Waals surface area contributed by atoms with E-state index in [-0.39, 0.29) is 11.3 Å². The largest absolute Gasteiger partial charge is 0.299 e. The van der Waals surface area contributed by atoms with Crippen molar-refractivity contribution in [1.82, 2.24) is 4.90 Å². The van der Waals surface area contributed by atoms with E-state index in [0.29, 0.717) is 6.54 Å². The van der Waals surface area contributed by atoms with Gasteiger partial charge in [0.15, 0.2) is 0 Å². The third-order valence-electron chi connectivity index (χ3n) is 3.33. The lowest BCUT2D eigenvalue weighted by atomic mass is 10.1. The van der Waals surface area contributed by atoms with E-state index >= 15 is 0 Å². The summed E-state index contributed by atoms with van der Waals surface area (Å²) >= 11 is 5.34. The molecule has 0 spiro atoms. The number of nitro benzene ring substituents is 1. The summed E-state index contributed by atoms with van der Waals surface area (Å²) in [5, 5.41) is 10.2. The zero-order chi connectivity index (χ0) is 13.8. The van der Waals surface area contributed by atoms with Crippen molar-refractivity contribution in [2.24, 2.45) is 0 Å². The van der Waals surface area contributed by atoms with E-state index in [9.17, 15) is 14.9 Å². The molecule has 1 aliphatic heterocycles. The summed E-state index contributed by atoms with van der Waals surface area (Å²) in [6.07, 6.45) is 3.58. The van der Waals surface area contributed by atoms with Gasteiger partial charge in [0, 0.05) is 12.6 Å². The van der Waals surface area contributed by atoms with Gasteiger partial charge in [-0.15, -0.1) is 0 Å². The van der Waals surface area contributed by atoms with Crippen molar-refractivity contribution in [3.63, 3.8) is 0 Å². The number of nitro groups is 1. The fourth-order valence-corrected chi connectivity index (χ4v) is 2.53. The van der Waals surface area contributed by atoms with Gasteiger partial charge in [-0.2, -0.15) is 0 Å². The maximum atomic E-state index is 11.1. The van der Waals surface area contributed by atoms with Gasteiger partial charge in [0.2, 0.25) is 0 Å². The number of nitrogens with zero attached hydrogens (tertiary/aromatic N) is 2. The van der Waals surface area contributed by atoms with Crippen molar-refractivity contribution >= 4 is 22.5 Å². The fraction of sp³-hybridized carbons (Fsp3) is 0.462. The van der Waals surface area contributed by atoms with Crippen molar-refractivity contribution in [3.05, 3.63) is 39.4 Å². The summed E-state index contributed by atoms with van der Waals surface area (Å²) in [5.74, 6) is 0. The average molecular weight is 283 g/mol. The van der Waals surface area contributed by atoms with Crippen LogP contribution >= 0.6 is 11.6 Å². The Morgan fingerprint density at radius 2 is 2.00 bits per heavy atom. The highest BCUT2D eigenvalue weighted by atomic mass is 35.5. The van der Waals surface area contributed by atoms with Gasteiger partial charge in [-0.25, -0.2) is 0 Å². The van der Waals surface area contributed by atoms with Crippen LogP contribution in [-0.2, 0) is 6.54 Å². The molecule has 1 fully saturated rings. The van der Waals surface area contributed by atoms with Crippen LogP contribution in [0.15, 0.2) is 18.2 Å². The highest BCUT2D eigenvalue weighted by Gasteiger charge is 2.20. The molecule has 0 unspecified atom stereocenters. The summed E-state index contributed by atoms with van der Waals surface area (Å²) in [4.78, 5) is 23.8. The van der Waals surface area contributed by atoms with Crippen LogP contribution in [0.1, 0.15) is 35.2 Å². The van der Waals surface area contributed by atoms with Gasteiger partial charge in [-0.3, -0.25) is 19.8 Å². The van der Waals surface area contributed by atoms with Crippen molar-refractivity contribution in [1.29, 1.82) is 0 Å². The Hall–Kier alpha value is -1.46. The van der Waals surface area contributed by atoms with Crippen LogP contribution < -0.4 is 0 Å². The van der Waals surface area contributed by atoms with E-state index in [4.69, 9.17) is 11.6 Å². The molecule has 0 bridgehead atoms. The van der Waals surface area contributed by atoms with Crippen LogP contribution in [0, 0.1) is 10.1 Å². The van der Waals surface area contributed by atoms with E-state index in [2.05, 4.69) is 4.90 Å². The molecule has 102 valence electrons. The lowest BCUT2D eigenvalue weighted by Gasteiger charge is -2.26. The highest BCUT2D eigenvalue weighted by molar-refractivity contribution is 6.68. The van der Waals surface area contributed by atoms with Gasteiger partial charge in [0.05, 0.1) is 4.92 Å². The van der Waals surface area contributed by atoms with Crippen LogP contribution in [-0.4, -0.2) is 28.2 Å². The number of carbonyl (C=O) groups is 1. The topological polar surface area (TPSA) is 63.5 Å². The molecule has 2 rings (SSSR count). The molecular weight excluding hydrogens is 268 g/mol. The summed E-state index contributed by atoms with van der Waals surface area (Å²) in [6, 6.07) is 4.62. The second kappa shape index (κ2) is 6.12. The number of benzene rings is 1. The van der Waals surface area contributed by atoms with E-state index in [1.54, 1.807) is 6.07 Å². The zero-order valence-electron chi connectivity index (χ0n) is 10.5. The number of likely N-dealkylation sites (tertiary alicyclic amines) is 1. The zero-order valence-corrected chi connectivity index (χ0v) is 11.2. The van der Waals surface area contributed by atoms with E-state index in [1.165, 1.54) is 31.4 Å². The molecule has 1 aromatic carbocycles. The van der Waals surface area contributed by atoms with Crippen LogP contribution in [0.5, 0.6) is 0 Å². The molecule has 0 N–H and O–H groups in total. The number of halogens is 1. The Morgan fingerprint density at radius 1 is 1.32 bits per heavy atom. The number of hydrogen-bond acceptors (Lipinski definition) is 4. The Labute approximate surface area is 116 Å². The molecule has 6 heteroatoms. The highest BCUT2D eigenvalue weighted by Crippen LogP contribution is 2.23. The van der Waals surface area contributed by atoms with Crippen molar-refractivity contribution in [2.45, 2.75) is 25.8 Å². The minimum absolute atomic E-state index is 0.0472. The first-order valence-corrected chi connectivity index (χ1v) is 6.65. The minimum atomic E-state index is -0.795. The molecule has 5 nitrogen and oxygen atoms in total. The predicted molar refractivity (Wildman–Crippen MR) is 72.4 cm³/mol. The van der Waals surface area contributed by atoms with E-state index in [1.807, 2.05) is 0 Å². The number of hydrogen-bond donors (Lipinski definition) is 0. The molecule has 0 aliphatic carbocycles. The van der Waals surface area contributed by atoms with Crippen LogP contribution in [0.3, 0.4) is 0 Å². The molecule has 1 saturated heterocycles. The fourth-order valence-electron chi connectivity index (χ4n) is 2.37. The Balaban J connectivity index is 2.20. The second-order valence-corrected chi connectivity index (χ2v) is 5.06. The van der Waals surface area contributed by atoms with Crippen molar-refractivity contribution in [3.8, 4) is 0 Å². The van der Waals surface area contributed by atoms with Gasteiger partial charge >= 0.3 is 0 Å². The van der Waals surface area contributed by atoms with Gasteiger partial charge in [0.25, 0.3) is 10.9 Å². The third kappa shape index (κ3) is 3.52. The summed E-state index contributed by atoms with van der Waals surface area (Å²) < 4.78 is 0. The first kappa shape index (κ1) is 14.0. The van der Waals surface area contributed by atoms with Crippen LogP contribution in [0.4, 0.5) is 5.69 Å². The Morgan fingerprint density at radius 3 is 2.58 bits per heavy atom. The molecule has 0 radical (unpaired) electrons. The van der Waals surface area contributed by atoms with Gasteiger partial charge < -0.3 is 0 Å². The minimum Gasteiger partial charge on any atom is -0.299 e. The lowest BCUT2D eigenvalue weighted by Crippen LogP contribution is -2.29. The molecule has 0 aromatic heterocycles. The molecule has 1 heterocycles. The first-order valence-electron chi connectivity index (χ1n) is 6.27. The molecule has 1 aliphatic rings. The Bertz CT molecular complexity index is 499. The summed E-state index contributed by atoms with van der Waals surface area (Å²) in [6.45, 7) is 2.71. The molecule has 0 amide bonds. The van der Waals surface area contributed by atoms with Gasteiger partial charge in [0.1, 0.15) is 5.56 Å². The smallest absolute Gasteiger partial charge is 0.281 e. The molecule has 0 atom stereocenters. The predicted octanol–water partition coefficient (Wildman–Crippen LogP) is 2.96. The summed E-state index contributed by atoms with van der Waals surface area (Å²) in [7, 11) is 0. The lowest BCUT2D eigenvalue weighted by molar-refractivity contribution is -0.385. The number of piperidine rings is 1. The van der Waals surface area contributed by atoms with E-state index in [0.717, 1.165) is 18.7 Å². The normalized spacial score (nSPS) is 16.3. The van der Waals surface area contributed by atoms with Crippen molar-refractivity contribution < 1.29 is 9.72 Å². The standard InChI is InChI=1S/C13H15ClN2O3/c14-13(17)11-5-4-10(8-12(11)16(18)19)9-15-6-2-1-3-7-15/h4-5,8H,1-3,6-7,9H2. The maximum absolute atomic E-state index is 11.1. The molecular formula is C13H15ClN2O3. The Kier molecular flexibility index (Phi) is 4.50. The first-order chi connectivity index (χ1) is 9.08. The SMILES string of the molecule is O=C(Cl)c1ccc(CN2CCCCC2)cc1[N+](=O)[O-]. The van der Waals surface area contributed by atoms with Gasteiger partial charge in [-0.05, 0) is 49.2 Å². The van der Waals surface area contributed by atoms with Crippen molar-refractivity contribution in [2.75, 3.05) is 13.1 Å². The molecule has 19 heavy (non-hydrogen) atoms. The molecule has 0 saturated carbocycles. The second-order valence-electron chi connectivity index (χ2n) is 4.72. The monoisotopic (exact) mass is 282 g/mol. The third-order valence-corrected chi connectivity index (χ3v) is 3.53. The van der Waals surface area contributed by atoms with Crippen LogP contribution in [0.2, 0.25) is 0 Å². The molecule has 1 aromatic rings. The maximum Gasteiger partial charge on any atom is 0.281 e. The number of carbonyl (C=O) groups excluding carboxylic acids is 1. The number of rotatable bonds is 4. The van der Waals surface area contributed by atoms with E-state index < -0.39 is 10.2 Å². The van der Waals surface area contributed by atoms with Crippen LogP contribution in [0.25, 0.3) is 0 Å². The average Bonchev–Trinajstić information content (AvgIpc) is 2.39. The van der Waals surface area contributed by atoms with Gasteiger partial charge in [-0.1, -0.05) is 12.5 Å². The summed E-state index contributed by atoms with van der Waals surface area (Å²) in [5.41, 5.74) is 0.582. The quantitative estimate of drug-likeness (QED) is 0.484.